The third kappa shape index (κ3) is 2.66. The molecule has 118 valence electrons. The maximum Gasteiger partial charge on any atom is 0.266 e. The number of aromatic nitrogens is 1. The van der Waals surface area contributed by atoms with Crippen molar-refractivity contribution in [2.24, 2.45) is 0 Å². The number of aryl methyl sites for hydroxylation is 1. The van der Waals surface area contributed by atoms with Gasteiger partial charge in [0.2, 0.25) is 5.91 Å². The molecule has 1 saturated heterocycles. The number of hydrogen-bond donors (Lipinski definition) is 1. The Labute approximate surface area is 130 Å². The van der Waals surface area contributed by atoms with Gasteiger partial charge in [-0.3, -0.25) is 9.59 Å². The lowest BCUT2D eigenvalue weighted by Crippen LogP contribution is -2.63. The predicted octanol–water partition coefficient (Wildman–Crippen LogP) is 2.20. The van der Waals surface area contributed by atoms with Crippen LogP contribution in [0.15, 0.2) is 4.79 Å². The number of likely N-dealkylation sites (tertiary alicyclic amines) is 1. The molecule has 1 aromatic heterocycles. The quantitative estimate of drug-likeness (QED) is 0.929. The second-order valence-corrected chi connectivity index (χ2v) is 6.80. The fourth-order valence-electron chi connectivity index (χ4n) is 3.75. The number of pyridine rings is 1. The molecule has 0 bridgehead atoms. The van der Waals surface area contributed by atoms with Crippen LogP contribution in [0.2, 0.25) is 0 Å². The average molecular weight is 301 g/mol. The van der Waals surface area contributed by atoms with E-state index in [0.717, 1.165) is 17.7 Å². The summed E-state index contributed by atoms with van der Waals surface area (Å²) in [7, 11) is 0. The van der Waals surface area contributed by atoms with Crippen LogP contribution in [0.1, 0.15) is 56.0 Å². The van der Waals surface area contributed by atoms with E-state index in [2.05, 4.69) is 25.8 Å². The van der Waals surface area contributed by atoms with E-state index in [1.165, 1.54) is 0 Å². The van der Waals surface area contributed by atoms with Gasteiger partial charge in [-0.2, -0.15) is 5.26 Å². The molecule has 5 nitrogen and oxygen atoms in total. The Morgan fingerprint density at radius 1 is 1.45 bits per heavy atom. The van der Waals surface area contributed by atoms with Crippen LogP contribution >= 0.6 is 0 Å². The number of amides is 1. The van der Waals surface area contributed by atoms with Crippen LogP contribution in [0.5, 0.6) is 0 Å². The van der Waals surface area contributed by atoms with E-state index in [0.29, 0.717) is 18.4 Å². The minimum Gasteiger partial charge on any atom is -0.335 e. The fraction of sp³-hybridized carbons (Fsp3) is 0.588. The van der Waals surface area contributed by atoms with Gasteiger partial charge in [0.1, 0.15) is 11.6 Å². The largest absolute Gasteiger partial charge is 0.335 e. The van der Waals surface area contributed by atoms with E-state index in [1.807, 2.05) is 17.9 Å². The maximum atomic E-state index is 12.5. The van der Waals surface area contributed by atoms with Gasteiger partial charge in [-0.25, -0.2) is 0 Å². The molecule has 1 atom stereocenters. The predicted molar refractivity (Wildman–Crippen MR) is 84.6 cm³/mol. The topological polar surface area (TPSA) is 77.0 Å². The Morgan fingerprint density at radius 3 is 2.59 bits per heavy atom. The molecule has 1 amide bonds. The summed E-state index contributed by atoms with van der Waals surface area (Å²) in [4.78, 5) is 28.8. The number of nitriles is 1. The van der Waals surface area contributed by atoms with E-state index in [-0.39, 0.29) is 28.6 Å². The van der Waals surface area contributed by atoms with Crippen molar-refractivity contribution in [1.82, 2.24) is 9.88 Å². The molecule has 1 N–H and O–H groups in total. The van der Waals surface area contributed by atoms with Crippen molar-refractivity contribution in [1.29, 1.82) is 5.26 Å². The van der Waals surface area contributed by atoms with Crippen LogP contribution in [0.3, 0.4) is 0 Å². The lowest BCUT2D eigenvalue weighted by atomic mass is 9.81. The number of nitrogens with one attached hydrogen (secondary N) is 1. The molecule has 1 aromatic rings. The highest BCUT2D eigenvalue weighted by molar-refractivity contribution is 5.78. The molecule has 2 heterocycles. The molecule has 1 fully saturated rings. The molecule has 0 radical (unpaired) electrons. The minimum absolute atomic E-state index is 0.0661. The Balaban J connectivity index is 2.18. The summed E-state index contributed by atoms with van der Waals surface area (Å²) in [5.74, 6) is 0.132. The minimum atomic E-state index is -0.356. The summed E-state index contributed by atoms with van der Waals surface area (Å²) in [6.45, 7) is 9.81. The van der Waals surface area contributed by atoms with Crippen molar-refractivity contribution in [3.63, 3.8) is 0 Å². The molecule has 1 aliphatic heterocycles. The van der Waals surface area contributed by atoms with Gasteiger partial charge < -0.3 is 9.88 Å². The van der Waals surface area contributed by atoms with Gasteiger partial charge in [0.25, 0.3) is 5.56 Å². The number of carbonyl (C=O) groups excluding carboxylic acids is 1. The summed E-state index contributed by atoms with van der Waals surface area (Å²) >= 11 is 0. The first-order chi connectivity index (χ1) is 10.2. The second-order valence-electron chi connectivity index (χ2n) is 6.80. The monoisotopic (exact) mass is 301 g/mol. The van der Waals surface area contributed by atoms with E-state index < -0.39 is 0 Å². The summed E-state index contributed by atoms with van der Waals surface area (Å²) in [5.41, 5.74) is 2.05. The van der Waals surface area contributed by atoms with E-state index >= 15 is 0 Å². The lowest BCUT2D eigenvalue weighted by molar-refractivity contribution is -0.151. The SMILES string of the molecule is Cc1[nH]c(=O)c(C#N)c(C)c1CCC(=O)N1[C@@H](C)CC1(C)C. The van der Waals surface area contributed by atoms with Crippen molar-refractivity contribution in [2.75, 3.05) is 0 Å². The molecule has 22 heavy (non-hydrogen) atoms. The van der Waals surface area contributed by atoms with Gasteiger partial charge in [-0.15, -0.1) is 0 Å². The van der Waals surface area contributed by atoms with Crippen molar-refractivity contribution in [3.05, 3.63) is 32.7 Å². The normalized spacial score (nSPS) is 19.5. The van der Waals surface area contributed by atoms with Gasteiger partial charge in [-0.05, 0) is 58.6 Å². The molecule has 0 aromatic carbocycles. The van der Waals surface area contributed by atoms with Crippen molar-refractivity contribution in [2.45, 2.75) is 65.5 Å². The maximum absolute atomic E-state index is 12.5. The van der Waals surface area contributed by atoms with E-state index in [4.69, 9.17) is 5.26 Å². The highest BCUT2D eigenvalue weighted by Crippen LogP contribution is 2.36. The Hall–Kier alpha value is -2.09. The molecule has 0 spiro atoms. The smallest absolute Gasteiger partial charge is 0.266 e. The summed E-state index contributed by atoms with van der Waals surface area (Å²) in [6.07, 6.45) is 1.96. The molecular formula is C17H23N3O2. The highest BCUT2D eigenvalue weighted by atomic mass is 16.2. The summed E-state index contributed by atoms with van der Waals surface area (Å²) in [6, 6.07) is 2.23. The molecular weight excluding hydrogens is 278 g/mol. The Bertz CT molecular complexity index is 710. The molecule has 0 unspecified atom stereocenters. The van der Waals surface area contributed by atoms with Crippen LogP contribution in [-0.2, 0) is 11.2 Å². The molecule has 0 aliphatic carbocycles. The Kier molecular flexibility index (Phi) is 4.15. The number of aromatic amines is 1. The van der Waals surface area contributed by atoms with Crippen molar-refractivity contribution >= 4 is 5.91 Å². The second kappa shape index (κ2) is 5.60. The highest BCUT2D eigenvalue weighted by Gasteiger charge is 2.44. The van der Waals surface area contributed by atoms with Crippen LogP contribution in [-0.4, -0.2) is 27.4 Å². The molecule has 5 heteroatoms. The van der Waals surface area contributed by atoms with Gasteiger partial charge in [-0.1, -0.05) is 0 Å². The van der Waals surface area contributed by atoms with Crippen molar-refractivity contribution in [3.8, 4) is 6.07 Å². The standard InChI is InChI=1S/C17H23N3O2/c1-10-8-17(4,5)20(10)15(21)7-6-13-11(2)14(9-18)16(22)19-12(13)3/h10H,6-8H2,1-5H3,(H,19,22)/t10-/m0/s1. The Morgan fingerprint density at radius 2 is 2.09 bits per heavy atom. The first kappa shape index (κ1) is 16.3. The third-order valence-electron chi connectivity index (χ3n) is 4.67. The third-order valence-corrected chi connectivity index (χ3v) is 4.67. The first-order valence-electron chi connectivity index (χ1n) is 7.63. The zero-order chi connectivity index (χ0) is 16.7. The molecule has 2 rings (SSSR count). The van der Waals surface area contributed by atoms with Crippen LogP contribution in [0.25, 0.3) is 0 Å². The number of H-pyrrole nitrogens is 1. The van der Waals surface area contributed by atoms with Gasteiger partial charge in [0.05, 0.1) is 0 Å². The zero-order valence-corrected chi connectivity index (χ0v) is 13.9. The van der Waals surface area contributed by atoms with Crippen LogP contribution in [0, 0.1) is 25.2 Å². The van der Waals surface area contributed by atoms with Crippen LogP contribution in [0.4, 0.5) is 0 Å². The number of carbonyl (C=O) groups is 1. The van der Waals surface area contributed by atoms with Crippen LogP contribution < -0.4 is 5.56 Å². The van der Waals surface area contributed by atoms with E-state index in [1.54, 1.807) is 6.92 Å². The lowest BCUT2D eigenvalue weighted by Gasteiger charge is -2.54. The number of hydrogen-bond acceptors (Lipinski definition) is 3. The zero-order valence-electron chi connectivity index (χ0n) is 13.9. The van der Waals surface area contributed by atoms with Crippen molar-refractivity contribution < 1.29 is 4.79 Å². The summed E-state index contributed by atoms with van der Waals surface area (Å²) < 4.78 is 0. The average Bonchev–Trinajstić information content (AvgIpc) is 2.36. The van der Waals surface area contributed by atoms with Gasteiger partial charge >= 0.3 is 0 Å². The number of nitrogens with zero attached hydrogens (tertiary/aromatic N) is 2. The number of rotatable bonds is 3. The fourth-order valence-corrected chi connectivity index (χ4v) is 3.75. The molecule has 0 saturated carbocycles. The summed E-state index contributed by atoms with van der Waals surface area (Å²) in [5, 5.41) is 9.09. The first-order valence-corrected chi connectivity index (χ1v) is 7.63. The molecule has 1 aliphatic rings. The van der Waals surface area contributed by atoms with Gasteiger partial charge in [0, 0.05) is 23.7 Å². The van der Waals surface area contributed by atoms with E-state index in [9.17, 15) is 9.59 Å². The van der Waals surface area contributed by atoms with Gasteiger partial charge in [0.15, 0.2) is 0 Å².